The zero-order valence-corrected chi connectivity index (χ0v) is 17.2. The van der Waals surface area contributed by atoms with Gasteiger partial charge in [-0.3, -0.25) is 0 Å². The van der Waals surface area contributed by atoms with Gasteiger partial charge in [0.05, 0.1) is 0 Å². The lowest BCUT2D eigenvalue weighted by molar-refractivity contribution is 0.568. The highest BCUT2D eigenvalue weighted by Crippen LogP contribution is 2.32. The maximum absolute atomic E-state index is 5.78. The molecule has 2 aromatic rings. The Balaban J connectivity index is 1.91. The molecule has 0 spiro atoms. The van der Waals surface area contributed by atoms with Gasteiger partial charge in [0.25, 0.3) is 0 Å². The van der Waals surface area contributed by atoms with Crippen molar-refractivity contribution in [2.45, 2.75) is 27.7 Å². The average Bonchev–Trinajstić information content (AvgIpc) is 2.53. The summed E-state index contributed by atoms with van der Waals surface area (Å²) in [5, 5.41) is 0. The molecule has 0 atom stereocenters. The highest BCUT2D eigenvalue weighted by Gasteiger charge is 2.12. The summed E-state index contributed by atoms with van der Waals surface area (Å²) in [5.74, 6) is 1.61. The van der Waals surface area contributed by atoms with Gasteiger partial charge in [-0.2, -0.15) is 0 Å². The fraction of sp³-hybridized carbons (Fsp3) is 0.222. The van der Waals surface area contributed by atoms with Crippen LogP contribution in [0.5, 0.6) is 11.5 Å². The summed E-state index contributed by atoms with van der Waals surface area (Å²) < 4.78 is 12.4. The number of hydrogen-bond acceptors (Lipinski definition) is 6. The van der Waals surface area contributed by atoms with E-state index < -0.39 is 0 Å². The topological polar surface area (TPSA) is 18.5 Å². The highest BCUT2D eigenvalue weighted by molar-refractivity contribution is 8.89. The van der Waals surface area contributed by atoms with Crippen molar-refractivity contribution in [3.05, 3.63) is 58.7 Å². The minimum Gasteiger partial charge on any atom is -0.438 e. The van der Waals surface area contributed by atoms with Gasteiger partial charge >= 0.3 is 0 Å². The van der Waals surface area contributed by atoms with Crippen LogP contribution in [0.15, 0.2) is 36.4 Å². The van der Waals surface area contributed by atoms with E-state index in [1.165, 1.54) is 21.6 Å². The first-order valence-corrected chi connectivity index (χ1v) is 10.3. The fourth-order valence-electron chi connectivity index (χ4n) is 2.19. The van der Waals surface area contributed by atoms with Gasteiger partial charge in [-0.25, -0.2) is 0 Å². The predicted octanol–water partition coefficient (Wildman–Crippen LogP) is 6.33. The Morgan fingerprint density at radius 1 is 0.667 bits per heavy atom. The average molecular weight is 395 g/mol. The lowest BCUT2D eigenvalue weighted by atomic mass is 10.1. The van der Waals surface area contributed by atoms with Crippen LogP contribution in [0.1, 0.15) is 22.3 Å². The molecule has 0 aliphatic heterocycles. The number of aryl methyl sites for hydroxylation is 4. The summed E-state index contributed by atoms with van der Waals surface area (Å²) >= 11 is 10.6. The zero-order valence-electron chi connectivity index (χ0n) is 13.9. The number of para-hydroxylation sites is 2. The molecule has 0 bridgehead atoms. The molecular weight excluding hydrogens is 376 g/mol. The molecule has 2 aromatic carbocycles. The normalized spacial score (nSPS) is 10.3. The Kier molecular flexibility index (Phi) is 7.10. The summed E-state index contributed by atoms with van der Waals surface area (Å²) in [6.07, 6.45) is 0. The second-order valence-electron chi connectivity index (χ2n) is 5.31. The number of ether oxygens (including phenoxy) is 2. The van der Waals surface area contributed by atoms with E-state index in [0.717, 1.165) is 33.8 Å². The van der Waals surface area contributed by atoms with Gasteiger partial charge in [0.1, 0.15) is 11.5 Å². The molecule has 0 aliphatic carbocycles. The first-order valence-electron chi connectivity index (χ1n) is 7.29. The van der Waals surface area contributed by atoms with E-state index >= 15 is 0 Å². The van der Waals surface area contributed by atoms with Gasteiger partial charge in [-0.05, 0) is 74.4 Å². The third-order valence-corrected chi connectivity index (χ3v) is 6.35. The van der Waals surface area contributed by atoms with Gasteiger partial charge in [-0.1, -0.05) is 36.4 Å². The summed E-state index contributed by atoms with van der Waals surface area (Å²) in [5.41, 5.74) is 4.21. The molecule has 2 rings (SSSR count). The Hall–Kier alpha value is -1.08. The molecule has 0 amide bonds. The van der Waals surface area contributed by atoms with Crippen LogP contribution in [0.2, 0.25) is 0 Å². The summed E-state index contributed by atoms with van der Waals surface area (Å²) in [6, 6.07) is 12.0. The second kappa shape index (κ2) is 8.85. The van der Waals surface area contributed by atoms with Gasteiger partial charge in [0.15, 0.2) is 0 Å². The van der Waals surface area contributed by atoms with E-state index in [-0.39, 0.29) is 0 Å². The van der Waals surface area contributed by atoms with Crippen molar-refractivity contribution in [1.82, 2.24) is 0 Å². The van der Waals surface area contributed by atoms with Crippen molar-refractivity contribution in [1.29, 1.82) is 0 Å². The Morgan fingerprint density at radius 3 is 1.25 bits per heavy atom. The molecule has 0 saturated heterocycles. The third-order valence-electron chi connectivity index (χ3n) is 3.37. The lowest BCUT2D eigenvalue weighted by Crippen LogP contribution is -2.05. The second-order valence-corrected chi connectivity index (χ2v) is 8.65. The maximum Gasteiger partial charge on any atom is 0.236 e. The van der Waals surface area contributed by atoms with E-state index in [0.29, 0.717) is 8.77 Å². The smallest absolute Gasteiger partial charge is 0.236 e. The van der Waals surface area contributed by atoms with E-state index in [2.05, 4.69) is 0 Å². The molecule has 126 valence electrons. The molecule has 6 heteroatoms. The van der Waals surface area contributed by atoms with Crippen LogP contribution < -0.4 is 9.47 Å². The Labute approximate surface area is 161 Å². The standard InChI is InChI=1S/C18H18O2S4/c1-11-7-5-8-12(2)15(11)19-17(21)23-24-18(22)20-16-13(3)9-6-10-14(16)4/h5-10H,1-4H3. The van der Waals surface area contributed by atoms with E-state index in [1.807, 2.05) is 64.1 Å². The predicted molar refractivity (Wildman–Crippen MR) is 113 cm³/mol. The number of benzene rings is 2. The first-order chi connectivity index (χ1) is 11.4. The fourth-order valence-corrected chi connectivity index (χ4v) is 3.95. The summed E-state index contributed by atoms with van der Waals surface area (Å²) in [4.78, 5) is 0. The molecule has 24 heavy (non-hydrogen) atoms. The van der Waals surface area contributed by atoms with Gasteiger partial charge in [0, 0.05) is 21.6 Å². The van der Waals surface area contributed by atoms with E-state index in [1.54, 1.807) is 0 Å². The van der Waals surface area contributed by atoms with E-state index in [9.17, 15) is 0 Å². The van der Waals surface area contributed by atoms with Crippen LogP contribution >= 0.6 is 46.0 Å². The monoisotopic (exact) mass is 394 g/mol. The van der Waals surface area contributed by atoms with E-state index in [4.69, 9.17) is 33.9 Å². The van der Waals surface area contributed by atoms with Crippen LogP contribution in [0.3, 0.4) is 0 Å². The van der Waals surface area contributed by atoms with Crippen molar-refractivity contribution in [3.8, 4) is 11.5 Å². The first kappa shape index (κ1) is 19.2. The van der Waals surface area contributed by atoms with Crippen molar-refractivity contribution in [2.75, 3.05) is 0 Å². The van der Waals surface area contributed by atoms with Gasteiger partial charge in [-0.15, -0.1) is 0 Å². The number of rotatable bonds is 2. The van der Waals surface area contributed by atoms with Gasteiger partial charge in [0.2, 0.25) is 8.77 Å². The quantitative estimate of drug-likeness (QED) is 0.434. The molecular formula is C18H18O2S4. The highest BCUT2D eigenvalue weighted by atomic mass is 33.1. The number of hydrogen-bond donors (Lipinski definition) is 0. The molecule has 0 fully saturated rings. The SMILES string of the molecule is Cc1cccc(C)c1OC(=S)SSC(=S)Oc1c(C)cccc1C. The van der Waals surface area contributed by atoms with Crippen LogP contribution in [0.4, 0.5) is 0 Å². The molecule has 0 heterocycles. The Morgan fingerprint density at radius 2 is 0.958 bits per heavy atom. The molecule has 0 radical (unpaired) electrons. The van der Waals surface area contributed by atoms with Crippen LogP contribution in [-0.2, 0) is 0 Å². The summed E-state index contributed by atoms with van der Waals surface area (Å²) in [6.45, 7) is 7.99. The van der Waals surface area contributed by atoms with Crippen LogP contribution in [-0.4, -0.2) is 8.77 Å². The van der Waals surface area contributed by atoms with Crippen molar-refractivity contribution in [2.24, 2.45) is 0 Å². The lowest BCUT2D eigenvalue weighted by Gasteiger charge is -2.13. The third kappa shape index (κ3) is 5.21. The molecule has 0 aliphatic rings. The van der Waals surface area contributed by atoms with Crippen molar-refractivity contribution in [3.63, 3.8) is 0 Å². The molecule has 2 nitrogen and oxygen atoms in total. The minimum atomic E-state index is 0.407. The van der Waals surface area contributed by atoms with Gasteiger partial charge < -0.3 is 9.47 Å². The molecule has 0 saturated carbocycles. The molecule has 0 aromatic heterocycles. The largest absolute Gasteiger partial charge is 0.438 e. The van der Waals surface area contributed by atoms with Crippen LogP contribution in [0, 0.1) is 27.7 Å². The minimum absolute atomic E-state index is 0.407. The molecule has 0 unspecified atom stereocenters. The van der Waals surface area contributed by atoms with Crippen molar-refractivity contribution >= 4 is 54.8 Å². The molecule has 0 N–H and O–H groups in total. The summed E-state index contributed by atoms with van der Waals surface area (Å²) in [7, 11) is 2.57. The number of thiocarbonyl (C=S) groups is 2. The van der Waals surface area contributed by atoms with Crippen molar-refractivity contribution < 1.29 is 9.47 Å². The zero-order chi connectivity index (χ0) is 17.7. The Bertz CT molecular complexity index is 666. The van der Waals surface area contributed by atoms with Crippen LogP contribution in [0.25, 0.3) is 0 Å². The maximum atomic E-state index is 5.78.